The van der Waals surface area contributed by atoms with Gasteiger partial charge in [0.25, 0.3) is 6.73 Å². The van der Waals surface area contributed by atoms with E-state index < -0.39 is 12.2 Å². The van der Waals surface area contributed by atoms with Crippen molar-refractivity contribution in [2.75, 3.05) is 0 Å². The van der Waals surface area contributed by atoms with Gasteiger partial charge >= 0.3 is 18.2 Å². The molecule has 1 aliphatic heterocycles. The second-order valence-corrected chi connectivity index (χ2v) is 10.7. The molecular weight excluding hydrogens is 651 g/mol. The van der Waals surface area contributed by atoms with Crippen LogP contribution in [-0.4, -0.2) is 34.8 Å². The van der Waals surface area contributed by atoms with Crippen molar-refractivity contribution >= 4 is 18.2 Å². The van der Waals surface area contributed by atoms with Crippen LogP contribution in [0, 0.1) is 0 Å². The van der Waals surface area contributed by atoms with Crippen LogP contribution in [0.1, 0.15) is 56.5 Å². The van der Waals surface area contributed by atoms with E-state index in [1.54, 1.807) is 4.57 Å². The third kappa shape index (κ3) is 8.94. The molecule has 2 N–H and O–H groups in total. The van der Waals surface area contributed by atoms with E-state index in [4.69, 9.17) is 14.2 Å². The van der Waals surface area contributed by atoms with E-state index in [-0.39, 0.29) is 68.4 Å². The van der Waals surface area contributed by atoms with Crippen molar-refractivity contribution in [1.82, 2.24) is 15.2 Å². The molecule has 2 amide bonds. The molecular formula is C31H39IN4O6. The highest BCUT2D eigenvalue weighted by molar-refractivity contribution is 5.72. The number of carbonyl (C=O) groups is 3. The number of amides is 2. The van der Waals surface area contributed by atoms with Gasteiger partial charge in [-0.3, -0.25) is 4.79 Å². The van der Waals surface area contributed by atoms with Gasteiger partial charge in [0, 0.05) is 53.1 Å². The minimum Gasteiger partial charge on any atom is -1.00 e. The molecule has 0 spiro atoms. The number of benzene rings is 1. The first kappa shape index (κ1) is 32.9. The Morgan fingerprint density at radius 3 is 2.05 bits per heavy atom. The molecule has 3 aromatic rings. The van der Waals surface area contributed by atoms with Crippen molar-refractivity contribution in [3.63, 3.8) is 0 Å². The number of nitrogens with one attached hydrogen (secondary N) is 2. The highest BCUT2D eigenvalue weighted by Gasteiger charge is 2.28. The van der Waals surface area contributed by atoms with Crippen LogP contribution in [0.3, 0.4) is 0 Å². The van der Waals surface area contributed by atoms with E-state index in [2.05, 4.69) is 15.2 Å². The third-order valence-corrected chi connectivity index (χ3v) is 6.63. The molecule has 1 aromatic carbocycles. The lowest BCUT2D eigenvalue weighted by atomic mass is 10.0. The second-order valence-electron chi connectivity index (χ2n) is 10.7. The lowest BCUT2D eigenvalue weighted by Crippen LogP contribution is -3.00. The topological polar surface area (TPSA) is 112 Å². The summed E-state index contributed by atoms with van der Waals surface area (Å²) in [4.78, 5) is 36.9. The van der Waals surface area contributed by atoms with E-state index in [1.165, 1.54) is 0 Å². The smallest absolute Gasteiger partial charge is 0.407 e. The maximum Gasteiger partial charge on any atom is 0.407 e. The number of carbonyl (C=O) groups excluding carboxylic acids is 3. The summed E-state index contributed by atoms with van der Waals surface area (Å²) in [7, 11) is 0. The Kier molecular flexibility index (Phi) is 12.2. The molecule has 0 fully saturated rings. The molecule has 0 saturated heterocycles. The number of hydrogen-bond acceptors (Lipinski definition) is 6. The number of hydrogen-bond donors (Lipinski definition) is 2. The number of esters is 1. The summed E-state index contributed by atoms with van der Waals surface area (Å²) in [5.74, 6) is -0.303. The van der Waals surface area contributed by atoms with Gasteiger partial charge in [0.15, 0.2) is 12.4 Å². The van der Waals surface area contributed by atoms with Gasteiger partial charge in [0.1, 0.15) is 13.2 Å². The van der Waals surface area contributed by atoms with Crippen LogP contribution >= 0.6 is 0 Å². The van der Waals surface area contributed by atoms with Crippen molar-refractivity contribution in [3.05, 3.63) is 77.2 Å². The Morgan fingerprint density at radius 1 is 0.857 bits per heavy atom. The van der Waals surface area contributed by atoms with Gasteiger partial charge in [-0.05, 0) is 46.1 Å². The molecule has 10 nitrogen and oxygen atoms in total. The Balaban J connectivity index is 0.00000484. The molecule has 0 atom stereocenters. The Morgan fingerprint density at radius 2 is 1.45 bits per heavy atom. The van der Waals surface area contributed by atoms with Crippen molar-refractivity contribution in [1.29, 1.82) is 0 Å². The first-order chi connectivity index (χ1) is 19.7. The van der Waals surface area contributed by atoms with Crippen LogP contribution in [-0.2, 0) is 58.3 Å². The van der Waals surface area contributed by atoms with E-state index in [0.717, 1.165) is 53.0 Å². The largest absolute Gasteiger partial charge is 1.00 e. The zero-order valence-corrected chi connectivity index (χ0v) is 26.7. The molecule has 11 heteroatoms. The number of alkyl carbamates (subject to hydrolysis) is 2. The Labute approximate surface area is 263 Å². The molecule has 1 aliphatic rings. The normalized spacial score (nSPS) is 12.0. The fraction of sp³-hybridized carbons (Fsp3) is 0.419. The fourth-order valence-electron chi connectivity index (χ4n) is 4.86. The predicted octanol–water partition coefficient (Wildman–Crippen LogP) is 1.41. The van der Waals surface area contributed by atoms with Crippen molar-refractivity contribution in [2.24, 2.45) is 0 Å². The lowest BCUT2D eigenvalue weighted by Gasteiger charge is -2.14. The van der Waals surface area contributed by atoms with Gasteiger partial charge in [0.05, 0.1) is 12.1 Å². The molecule has 0 radical (unpaired) electrons. The summed E-state index contributed by atoms with van der Waals surface area (Å²) < 4.78 is 20.6. The monoisotopic (exact) mass is 690 g/mol. The van der Waals surface area contributed by atoms with E-state index in [0.29, 0.717) is 0 Å². The number of ether oxygens (including phenoxy) is 3. The van der Waals surface area contributed by atoms with Gasteiger partial charge in [-0.2, -0.15) is 4.57 Å². The molecule has 0 unspecified atom stereocenters. The summed E-state index contributed by atoms with van der Waals surface area (Å²) >= 11 is 0. The fourth-order valence-corrected chi connectivity index (χ4v) is 4.86. The molecule has 0 saturated carbocycles. The average Bonchev–Trinajstić information content (AvgIpc) is 3.50. The van der Waals surface area contributed by atoms with E-state index in [9.17, 15) is 14.4 Å². The summed E-state index contributed by atoms with van der Waals surface area (Å²) in [6.45, 7) is 8.47. The van der Waals surface area contributed by atoms with Crippen LogP contribution in [0.25, 0.3) is 11.3 Å². The van der Waals surface area contributed by atoms with Crippen molar-refractivity contribution in [3.8, 4) is 11.3 Å². The predicted molar refractivity (Wildman–Crippen MR) is 152 cm³/mol. The van der Waals surface area contributed by atoms with Gasteiger partial charge in [-0.15, -0.1) is 0 Å². The van der Waals surface area contributed by atoms with Gasteiger partial charge in [-0.25, -0.2) is 9.59 Å². The zero-order chi connectivity index (χ0) is 29.4. The summed E-state index contributed by atoms with van der Waals surface area (Å²) in [6.07, 6.45) is 4.71. The van der Waals surface area contributed by atoms with Crippen LogP contribution in [0.4, 0.5) is 9.59 Å². The Bertz CT molecular complexity index is 1360. The quantitative estimate of drug-likeness (QED) is 0.136. The number of nitrogens with zero attached hydrogens (tertiary/aromatic N) is 2. The number of halogens is 1. The highest BCUT2D eigenvalue weighted by Crippen LogP contribution is 2.36. The molecule has 0 bridgehead atoms. The number of rotatable bonds is 11. The summed E-state index contributed by atoms with van der Waals surface area (Å²) in [5, 5.41) is 5.50. The van der Waals surface area contributed by atoms with E-state index >= 15 is 0 Å². The summed E-state index contributed by atoms with van der Waals surface area (Å²) in [6, 6.07) is 13.3. The first-order valence-electron chi connectivity index (χ1n) is 14.0. The molecule has 226 valence electrons. The molecule has 2 aromatic heterocycles. The zero-order valence-electron chi connectivity index (χ0n) is 24.5. The lowest BCUT2D eigenvalue weighted by molar-refractivity contribution is -0.727. The van der Waals surface area contributed by atoms with E-state index in [1.807, 2.05) is 82.6 Å². The van der Waals surface area contributed by atoms with Crippen molar-refractivity contribution in [2.45, 2.75) is 85.5 Å². The minimum absolute atomic E-state index is 0. The van der Waals surface area contributed by atoms with Gasteiger partial charge in [0.2, 0.25) is 0 Å². The maximum absolute atomic E-state index is 12.4. The minimum atomic E-state index is -0.509. The molecule has 0 aliphatic carbocycles. The number of aromatic nitrogens is 2. The van der Waals surface area contributed by atoms with Crippen LogP contribution in [0.15, 0.2) is 54.9 Å². The molecule has 42 heavy (non-hydrogen) atoms. The second kappa shape index (κ2) is 15.6. The van der Waals surface area contributed by atoms with Gasteiger partial charge in [-0.1, -0.05) is 30.3 Å². The maximum atomic E-state index is 12.4. The van der Waals surface area contributed by atoms with Crippen LogP contribution in [0.5, 0.6) is 0 Å². The molecule has 4 rings (SSSR count). The first-order valence-corrected chi connectivity index (χ1v) is 14.0. The van der Waals surface area contributed by atoms with Crippen molar-refractivity contribution < 1.29 is 57.1 Å². The molecule has 3 heterocycles. The highest BCUT2D eigenvalue weighted by atomic mass is 127. The third-order valence-electron chi connectivity index (χ3n) is 6.63. The Hall–Kier alpha value is -3.61. The standard InChI is InChI=1S/C31H38N4O6.HI/c1-21(2)32-30(37)39-18-25-26(19-40-31(38)33-22(3)4)29(35-14-8-11-27(25)35)24-12-15-34(16-13-24)20-41-28(36)17-23-9-6-5-7-10-23;/h5-7,9-10,12-13,15-16,21-22H,8,11,14,17-20H2,1-4H3,(H-,32,33,37,38);1H. The van der Waals surface area contributed by atoms with Gasteiger partial charge < -0.3 is 53.4 Å². The SMILES string of the molecule is CC(C)NC(=O)OCc1c(COC(=O)NC(C)C)c(-c2cc[n+](COC(=O)Cc3ccccc3)cc2)n2c1CCC2.[I-]. The van der Waals surface area contributed by atoms with Crippen LogP contribution < -0.4 is 39.2 Å². The number of pyridine rings is 1. The number of fused-ring (bicyclic) bond motifs is 1. The van der Waals surface area contributed by atoms with Crippen LogP contribution in [0.2, 0.25) is 0 Å². The summed E-state index contributed by atoms with van der Waals surface area (Å²) in [5.41, 5.74) is 5.49. The average molecular weight is 691 g/mol.